The van der Waals surface area contributed by atoms with Crippen molar-refractivity contribution in [3.63, 3.8) is 0 Å². The van der Waals surface area contributed by atoms with Crippen molar-refractivity contribution >= 4 is 0 Å². The van der Waals surface area contributed by atoms with Crippen molar-refractivity contribution < 1.29 is 8.78 Å². The summed E-state index contributed by atoms with van der Waals surface area (Å²) in [5, 5.41) is 2.82. The summed E-state index contributed by atoms with van der Waals surface area (Å²) in [6, 6.07) is -0.649. The molecule has 0 bridgehead atoms. The summed E-state index contributed by atoms with van der Waals surface area (Å²) in [5.41, 5.74) is 0. The van der Waals surface area contributed by atoms with Gasteiger partial charge in [-0.3, -0.25) is 0 Å². The molecule has 1 nitrogen and oxygen atoms in total. The monoisotopic (exact) mass is 177 g/mol. The van der Waals surface area contributed by atoms with Crippen LogP contribution in [0.5, 0.6) is 0 Å². The van der Waals surface area contributed by atoms with Gasteiger partial charge in [-0.05, 0) is 32.2 Å². The Balaban J connectivity index is 1.86. The summed E-state index contributed by atoms with van der Waals surface area (Å²) >= 11 is 0. The van der Waals surface area contributed by atoms with Gasteiger partial charge >= 0.3 is 0 Å². The largest absolute Gasteiger partial charge is 0.309 e. The normalized spacial score (nSPS) is 20.0. The molecule has 0 saturated heterocycles. The quantitative estimate of drug-likeness (QED) is 0.614. The molecule has 0 aromatic carbocycles. The molecule has 1 N–H and O–H groups in total. The van der Waals surface area contributed by atoms with Gasteiger partial charge in [0.25, 0.3) is 6.43 Å². The average molecular weight is 177 g/mol. The summed E-state index contributed by atoms with van der Waals surface area (Å²) in [5.74, 6) is 0.911. The summed E-state index contributed by atoms with van der Waals surface area (Å²) in [6.45, 7) is 2.27. The maximum atomic E-state index is 12.0. The zero-order valence-electron chi connectivity index (χ0n) is 7.52. The summed E-state index contributed by atoms with van der Waals surface area (Å²) in [7, 11) is 0. The summed E-state index contributed by atoms with van der Waals surface area (Å²) < 4.78 is 23.9. The highest BCUT2D eigenvalue weighted by molar-refractivity contribution is 4.73. The van der Waals surface area contributed by atoms with Crippen molar-refractivity contribution in [2.24, 2.45) is 5.92 Å². The third-order valence-corrected chi connectivity index (χ3v) is 2.33. The van der Waals surface area contributed by atoms with Crippen LogP contribution in [-0.4, -0.2) is 19.0 Å². The molecule has 72 valence electrons. The standard InChI is InChI=1S/C9H17F2N/c1-7(9(10)11)12-6-2-3-8-4-5-8/h7-9,12H,2-6H2,1H3. The highest BCUT2D eigenvalue weighted by Crippen LogP contribution is 2.33. The second-order valence-corrected chi connectivity index (χ2v) is 3.66. The van der Waals surface area contributed by atoms with E-state index in [9.17, 15) is 8.78 Å². The molecule has 0 aliphatic heterocycles. The van der Waals surface area contributed by atoms with E-state index in [1.54, 1.807) is 0 Å². The Bertz CT molecular complexity index is 124. The van der Waals surface area contributed by atoms with E-state index in [0.29, 0.717) is 0 Å². The molecular formula is C9H17F2N. The van der Waals surface area contributed by atoms with Crippen LogP contribution in [0.25, 0.3) is 0 Å². The number of hydrogen-bond acceptors (Lipinski definition) is 1. The maximum absolute atomic E-state index is 12.0. The first kappa shape index (κ1) is 9.90. The number of hydrogen-bond donors (Lipinski definition) is 1. The summed E-state index contributed by atoms with van der Waals surface area (Å²) in [4.78, 5) is 0. The predicted molar refractivity (Wildman–Crippen MR) is 45.4 cm³/mol. The van der Waals surface area contributed by atoms with Crippen molar-refractivity contribution in [1.82, 2.24) is 5.32 Å². The first-order valence-electron chi connectivity index (χ1n) is 4.71. The Morgan fingerprint density at radius 3 is 2.58 bits per heavy atom. The number of alkyl halides is 2. The Morgan fingerprint density at radius 1 is 1.42 bits per heavy atom. The van der Waals surface area contributed by atoms with Crippen LogP contribution in [0.15, 0.2) is 0 Å². The molecule has 0 heterocycles. The van der Waals surface area contributed by atoms with Crippen LogP contribution in [-0.2, 0) is 0 Å². The molecule has 0 spiro atoms. The molecule has 0 radical (unpaired) electrons. The fourth-order valence-electron chi connectivity index (χ4n) is 1.22. The minimum Gasteiger partial charge on any atom is -0.309 e. The molecule has 1 unspecified atom stereocenters. The van der Waals surface area contributed by atoms with Crippen molar-refractivity contribution in [2.75, 3.05) is 6.54 Å². The Labute approximate surface area is 72.5 Å². The maximum Gasteiger partial charge on any atom is 0.253 e. The lowest BCUT2D eigenvalue weighted by molar-refractivity contribution is 0.106. The third kappa shape index (κ3) is 4.00. The minimum atomic E-state index is -2.23. The number of rotatable bonds is 6. The molecular weight excluding hydrogens is 160 g/mol. The molecule has 1 aliphatic rings. The van der Waals surface area contributed by atoms with Gasteiger partial charge in [0.15, 0.2) is 0 Å². The van der Waals surface area contributed by atoms with E-state index in [2.05, 4.69) is 5.32 Å². The SMILES string of the molecule is CC(NCCCC1CC1)C(F)F. The van der Waals surface area contributed by atoms with E-state index < -0.39 is 12.5 Å². The second kappa shape index (κ2) is 4.75. The van der Waals surface area contributed by atoms with Crippen LogP contribution in [0, 0.1) is 5.92 Å². The molecule has 1 fully saturated rings. The molecule has 3 heteroatoms. The fourth-order valence-corrected chi connectivity index (χ4v) is 1.22. The predicted octanol–water partition coefficient (Wildman–Crippen LogP) is 2.42. The third-order valence-electron chi connectivity index (χ3n) is 2.33. The lowest BCUT2D eigenvalue weighted by Gasteiger charge is -2.11. The van der Waals surface area contributed by atoms with Gasteiger partial charge in [0.1, 0.15) is 0 Å². The van der Waals surface area contributed by atoms with Gasteiger partial charge in [-0.2, -0.15) is 0 Å². The second-order valence-electron chi connectivity index (χ2n) is 3.66. The van der Waals surface area contributed by atoms with Gasteiger partial charge in [0.05, 0.1) is 6.04 Å². The van der Waals surface area contributed by atoms with Crippen LogP contribution in [0.3, 0.4) is 0 Å². The summed E-state index contributed by atoms with van der Waals surface area (Å²) in [6.07, 6.45) is 2.73. The van der Waals surface area contributed by atoms with Crippen LogP contribution in [0.4, 0.5) is 8.78 Å². The zero-order valence-corrected chi connectivity index (χ0v) is 7.52. The van der Waals surface area contributed by atoms with Gasteiger partial charge in [-0.15, -0.1) is 0 Å². The van der Waals surface area contributed by atoms with Crippen molar-refractivity contribution in [1.29, 1.82) is 0 Å². The van der Waals surface area contributed by atoms with Crippen LogP contribution < -0.4 is 5.32 Å². The molecule has 12 heavy (non-hydrogen) atoms. The molecule has 1 rings (SSSR count). The topological polar surface area (TPSA) is 12.0 Å². The average Bonchev–Trinajstić information content (AvgIpc) is 2.80. The molecule has 1 saturated carbocycles. The van der Waals surface area contributed by atoms with Gasteiger partial charge in [0.2, 0.25) is 0 Å². The molecule has 1 atom stereocenters. The van der Waals surface area contributed by atoms with Gasteiger partial charge < -0.3 is 5.32 Å². The van der Waals surface area contributed by atoms with Crippen molar-refractivity contribution in [3.8, 4) is 0 Å². The highest BCUT2D eigenvalue weighted by atomic mass is 19.3. The zero-order chi connectivity index (χ0) is 8.97. The highest BCUT2D eigenvalue weighted by Gasteiger charge is 2.20. The van der Waals surface area contributed by atoms with E-state index in [-0.39, 0.29) is 0 Å². The molecule has 0 aromatic heterocycles. The Kier molecular flexibility index (Phi) is 3.92. The van der Waals surface area contributed by atoms with E-state index in [0.717, 1.165) is 18.9 Å². The van der Waals surface area contributed by atoms with Crippen LogP contribution >= 0.6 is 0 Å². The van der Waals surface area contributed by atoms with Crippen LogP contribution in [0.1, 0.15) is 32.6 Å². The Hall–Kier alpha value is -0.180. The number of halogens is 2. The fraction of sp³-hybridized carbons (Fsp3) is 1.00. The van der Waals surface area contributed by atoms with Gasteiger partial charge in [0, 0.05) is 0 Å². The first-order chi connectivity index (χ1) is 5.70. The minimum absolute atomic E-state index is 0.649. The van der Waals surface area contributed by atoms with Crippen LogP contribution in [0.2, 0.25) is 0 Å². The van der Waals surface area contributed by atoms with E-state index >= 15 is 0 Å². The van der Waals surface area contributed by atoms with Gasteiger partial charge in [-0.1, -0.05) is 12.8 Å². The van der Waals surface area contributed by atoms with E-state index in [1.807, 2.05) is 0 Å². The smallest absolute Gasteiger partial charge is 0.253 e. The van der Waals surface area contributed by atoms with E-state index in [1.165, 1.54) is 26.2 Å². The van der Waals surface area contributed by atoms with Crippen molar-refractivity contribution in [2.45, 2.75) is 45.1 Å². The van der Waals surface area contributed by atoms with E-state index in [4.69, 9.17) is 0 Å². The lowest BCUT2D eigenvalue weighted by Crippen LogP contribution is -2.33. The molecule has 1 aliphatic carbocycles. The lowest BCUT2D eigenvalue weighted by atomic mass is 10.2. The first-order valence-corrected chi connectivity index (χ1v) is 4.71. The number of nitrogens with one attached hydrogen (secondary N) is 1. The van der Waals surface area contributed by atoms with Gasteiger partial charge in [-0.25, -0.2) is 8.78 Å². The van der Waals surface area contributed by atoms with Crippen molar-refractivity contribution in [3.05, 3.63) is 0 Å². The molecule has 0 aromatic rings. The Morgan fingerprint density at radius 2 is 2.08 bits per heavy atom. The molecule has 0 amide bonds.